The highest BCUT2D eigenvalue weighted by Gasteiger charge is 2.51. The summed E-state index contributed by atoms with van der Waals surface area (Å²) >= 11 is 0. The molecular weight excluding hydrogens is 382 g/mol. The first-order chi connectivity index (χ1) is 13.1. The maximum absolute atomic E-state index is 12.2. The second-order valence-corrected chi connectivity index (χ2v) is 6.60. The predicted octanol–water partition coefficient (Wildman–Crippen LogP) is 3.39. The van der Waals surface area contributed by atoms with Crippen LogP contribution in [0.4, 0.5) is 11.4 Å². The van der Waals surface area contributed by atoms with Crippen LogP contribution in [0.15, 0.2) is 30.5 Å². The molecule has 0 bridgehead atoms. The van der Waals surface area contributed by atoms with Crippen molar-refractivity contribution in [1.82, 2.24) is 4.98 Å². The summed E-state index contributed by atoms with van der Waals surface area (Å²) in [6.07, 6.45) is 3.22. The van der Waals surface area contributed by atoms with E-state index in [0.29, 0.717) is 25.4 Å². The van der Waals surface area contributed by atoms with Crippen molar-refractivity contribution in [2.24, 2.45) is 5.41 Å². The topological polar surface area (TPSA) is 89.5 Å². The Morgan fingerprint density at radius 1 is 1.18 bits per heavy atom. The molecule has 1 aliphatic carbocycles. The van der Waals surface area contributed by atoms with Crippen LogP contribution in [0.2, 0.25) is 0 Å². The Morgan fingerprint density at radius 2 is 1.93 bits per heavy atom. The fourth-order valence-corrected chi connectivity index (χ4v) is 2.95. The summed E-state index contributed by atoms with van der Waals surface area (Å²) in [5.41, 5.74) is 1.65. The maximum Gasteiger partial charge on any atom is 0.313 e. The Hall–Kier alpha value is -2.38. The van der Waals surface area contributed by atoms with Crippen LogP contribution in [0, 0.1) is 5.41 Å². The summed E-state index contributed by atoms with van der Waals surface area (Å²) in [5.74, 6) is -0.415. The number of benzene rings is 1. The van der Waals surface area contributed by atoms with E-state index in [2.05, 4.69) is 15.6 Å². The minimum absolute atomic E-state index is 0. The normalized spacial score (nSPS) is 14.1. The Bertz CT molecular complexity index is 839. The number of rotatable bonds is 9. The van der Waals surface area contributed by atoms with Crippen LogP contribution in [0.5, 0.6) is 0 Å². The molecule has 2 aromatic rings. The summed E-state index contributed by atoms with van der Waals surface area (Å²) in [6, 6.07) is 7.67. The number of carbonyl (C=O) groups is 2. The van der Waals surface area contributed by atoms with Gasteiger partial charge in [-0.25, -0.2) is 0 Å². The second kappa shape index (κ2) is 9.71. The van der Waals surface area contributed by atoms with Gasteiger partial charge in [-0.1, -0.05) is 18.2 Å². The first kappa shape index (κ1) is 21.9. The van der Waals surface area contributed by atoms with Gasteiger partial charge in [-0.05, 0) is 32.8 Å². The molecule has 28 heavy (non-hydrogen) atoms. The van der Waals surface area contributed by atoms with Crippen LogP contribution < -0.4 is 10.6 Å². The van der Waals surface area contributed by atoms with Gasteiger partial charge in [0, 0.05) is 18.5 Å². The zero-order valence-electron chi connectivity index (χ0n) is 16.1. The van der Waals surface area contributed by atoms with Gasteiger partial charge >= 0.3 is 5.97 Å². The number of pyridine rings is 1. The third-order valence-corrected chi connectivity index (χ3v) is 4.65. The van der Waals surface area contributed by atoms with Gasteiger partial charge in [-0.15, -0.1) is 12.4 Å². The summed E-state index contributed by atoms with van der Waals surface area (Å²) < 4.78 is 10.4. The first-order valence-corrected chi connectivity index (χ1v) is 9.26. The smallest absolute Gasteiger partial charge is 0.313 e. The number of esters is 1. The molecule has 1 aromatic carbocycles. The van der Waals surface area contributed by atoms with E-state index < -0.39 is 5.41 Å². The minimum atomic E-state index is -0.479. The molecule has 2 N–H and O–H groups in total. The van der Waals surface area contributed by atoms with Crippen molar-refractivity contribution in [2.45, 2.75) is 26.7 Å². The summed E-state index contributed by atoms with van der Waals surface area (Å²) in [5, 5.41) is 7.09. The van der Waals surface area contributed by atoms with Crippen molar-refractivity contribution in [3.8, 4) is 0 Å². The molecule has 7 nitrogen and oxygen atoms in total. The van der Waals surface area contributed by atoms with Gasteiger partial charge in [-0.3, -0.25) is 14.6 Å². The van der Waals surface area contributed by atoms with Crippen molar-refractivity contribution >= 4 is 46.6 Å². The van der Waals surface area contributed by atoms with E-state index in [1.165, 1.54) is 0 Å². The van der Waals surface area contributed by atoms with Crippen molar-refractivity contribution < 1.29 is 19.1 Å². The van der Waals surface area contributed by atoms with Crippen LogP contribution in [-0.2, 0) is 19.1 Å². The molecule has 3 rings (SSSR count). The zero-order chi connectivity index (χ0) is 19.3. The van der Waals surface area contributed by atoms with Crippen LogP contribution in [0.1, 0.15) is 26.7 Å². The van der Waals surface area contributed by atoms with Gasteiger partial charge in [0.05, 0.1) is 35.1 Å². The number of nitrogens with one attached hydrogen (secondary N) is 2. The Labute approximate surface area is 170 Å². The number of halogens is 1. The molecule has 1 aliphatic rings. The number of amides is 1. The lowest BCUT2D eigenvalue weighted by atomic mass is 10.1. The number of aromatic nitrogens is 1. The van der Waals surface area contributed by atoms with E-state index in [-0.39, 0.29) is 30.9 Å². The fraction of sp³-hybridized carbons (Fsp3) is 0.450. The number of nitrogens with zero attached hydrogens (tertiary/aromatic N) is 1. The highest BCUT2D eigenvalue weighted by Crippen LogP contribution is 2.47. The van der Waals surface area contributed by atoms with Crippen molar-refractivity contribution in [3.05, 3.63) is 30.5 Å². The molecule has 0 spiro atoms. The highest BCUT2D eigenvalue weighted by atomic mass is 35.5. The molecule has 0 aliphatic heterocycles. The van der Waals surface area contributed by atoms with E-state index in [9.17, 15) is 9.59 Å². The van der Waals surface area contributed by atoms with Gasteiger partial charge in [0.15, 0.2) is 0 Å². The Kier molecular flexibility index (Phi) is 7.60. The van der Waals surface area contributed by atoms with Gasteiger partial charge in [0.2, 0.25) is 5.91 Å². The Balaban J connectivity index is 0.00000280. The molecular formula is C20H26ClN3O4. The number of carbonyl (C=O) groups excluding carboxylic acids is 2. The molecule has 8 heteroatoms. The average molecular weight is 408 g/mol. The summed E-state index contributed by atoms with van der Waals surface area (Å²) in [7, 11) is 0. The first-order valence-electron chi connectivity index (χ1n) is 9.26. The van der Waals surface area contributed by atoms with Crippen molar-refractivity contribution in [2.75, 3.05) is 37.0 Å². The molecule has 152 valence electrons. The standard InChI is InChI=1S/C20H25N3O4.ClH/c1-3-26-12-17(24)23-16-11-21-15-8-6-5-7-14(15)18(16)22-13-20(9-10-20)19(25)27-4-2;/h5-8,11H,3-4,9-10,12-13H2,1-2H3,(H,21,22)(H,23,24);1H. The minimum Gasteiger partial charge on any atom is -0.466 e. The molecule has 1 saturated carbocycles. The fourth-order valence-electron chi connectivity index (χ4n) is 2.95. The quantitative estimate of drug-likeness (QED) is 0.619. The highest BCUT2D eigenvalue weighted by molar-refractivity contribution is 6.03. The molecule has 1 amide bonds. The number of fused-ring (bicyclic) bond motifs is 1. The third kappa shape index (κ3) is 4.91. The molecule has 1 fully saturated rings. The van der Waals surface area contributed by atoms with E-state index >= 15 is 0 Å². The molecule has 0 saturated heterocycles. The predicted molar refractivity (Wildman–Crippen MR) is 111 cm³/mol. The number of anilines is 2. The molecule has 1 heterocycles. The maximum atomic E-state index is 12.2. The van der Waals surface area contributed by atoms with Gasteiger partial charge in [-0.2, -0.15) is 0 Å². The second-order valence-electron chi connectivity index (χ2n) is 6.60. The number of para-hydroxylation sites is 1. The van der Waals surface area contributed by atoms with E-state index in [1.807, 2.05) is 38.1 Å². The lowest BCUT2D eigenvalue weighted by Crippen LogP contribution is -2.27. The molecule has 1 aromatic heterocycles. The number of ether oxygens (including phenoxy) is 2. The molecule has 0 radical (unpaired) electrons. The Morgan fingerprint density at radius 3 is 2.61 bits per heavy atom. The van der Waals surface area contributed by atoms with Crippen molar-refractivity contribution in [3.63, 3.8) is 0 Å². The van der Waals surface area contributed by atoms with Crippen molar-refractivity contribution in [1.29, 1.82) is 0 Å². The summed E-state index contributed by atoms with van der Waals surface area (Å²) in [6.45, 7) is 4.92. The van der Waals surface area contributed by atoms with E-state index in [0.717, 1.165) is 29.4 Å². The SMILES string of the molecule is CCOCC(=O)Nc1cnc2ccccc2c1NCC1(C(=O)OCC)CC1.Cl. The lowest BCUT2D eigenvalue weighted by molar-refractivity contribution is -0.149. The third-order valence-electron chi connectivity index (χ3n) is 4.65. The van der Waals surface area contributed by atoms with Crippen LogP contribution >= 0.6 is 12.4 Å². The zero-order valence-corrected chi connectivity index (χ0v) is 16.9. The molecule has 0 unspecified atom stereocenters. The van der Waals surface area contributed by atoms with Gasteiger partial charge < -0.3 is 20.1 Å². The number of hydrogen-bond donors (Lipinski definition) is 2. The lowest BCUT2D eigenvalue weighted by Gasteiger charge is -2.19. The summed E-state index contributed by atoms with van der Waals surface area (Å²) in [4.78, 5) is 28.7. The monoisotopic (exact) mass is 407 g/mol. The van der Waals surface area contributed by atoms with E-state index in [4.69, 9.17) is 9.47 Å². The van der Waals surface area contributed by atoms with Gasteiger partial charge in [0.1, 0.15) is 6.61 Å². The largest absolute Gasteiger partial charge is 0.466 e. The molecule has 0 atom stereocenters. The average Bonchev–Trinajstić information content (AvgIpc) is 3.47. The van der Waals surface area contributed by atoms with Crippen LogP contribution in [-0.4, -0.2) is 43.2 Å². The van der Waals surface area contributed by atoms with Gasteiger partial charge in [0.25, 0.3) is 0 Å². The number of hydrogen-bond acceptors (Lipinski definition) is 6. The van der Waals surface area contributed by atoms with Crippen LogP contribution in [0.3, 0.4) is 0 Å². The van der Waals surface area contributed by atoms with Crippen LogP contribution in [0.25, 0.3) is 10.9 Å². The van der Waals surface area contributed by atoms with E-state index in [1.54, 1.807) is 6.20 Å².